The van der Waals surface area contributed by atoms with Gasteiger partial charge in [0.05, 0.1) is 12.0 Å². The molecular weight excluding hydrogens is 314 g/mol. The fraction of sp³-hybridized carbons (Fsp3) is 0.0667. The minimum absolute atomic E-state index is 0.370. The topological polar surface area (TPSA) is 82.8 Å². The fourth-order valence-corrected chi connectivity index (χ4v) is 2.79. The molecule has 0 N–H and O–H groups in total. The molecule has 3 heterocycles. The lowest BCUT2D eigenvalue weighted by Crippen LogP contribution is -1.94. The molecule has 0 bridgehead atoms. The number of aromatic nitrogens is 5. The maximum Gasteiger partial charge on any atom is 0.283 e. The van der Waals surface area contributed by atoms with Crippen LogP contribution in [0, 0.1) is 0 Å². The minimum Gasteiger partial charge on any atom is -0.459 e. The first-order valence-corrected chi connectivity index (χ1v) is 7.83. The molecule has 0 saturated carbocycles. The van der Waals surface area contributed by atoms with E-state index in [1.165, 1.54) is 11.8 Å². The summed E-state index contributed by atoms with van der Waals surface area (Å²) in [6.07, 6.45) is 3.25. The van der Waals surface area contributed by atoms with Crippen molar-refractivity contribution in [1.82, 2.24) is 25.0 Å². The van der Waals surface area contributed by atoms with Gasteiger partial charge < -0.3 is 8.83 Å². The van der Waals surface area contributed by atoms with E-state index in [1.54, 1.807) is 24.7 Å². The average Bonchev–Trinajstić information content (AvgIpc) is 3.33. The van der Waals surface area contributed by atoms with Gasteiger partial charge in [-0.15, -0.1) is 20.4 Å². The van der Waals surface area contributed by atoms with Crippen LogP contribution in [0.2, 0.25) is 0 Å². The summed E-state index contributed by atoms with van der Waals surface area (Å²) in [6.45, 7) is 0. The van der Waals surface area contributed by atoms with E-state index in [0.717, 1.165) is 10.8 Å². The standard InChI is InChI=1S/C15H11N5O2S/c1-2-5-11(6-3-1)20-10-16-19-15(20)23-9-13-17-18-14(22-13)12-7-4-8-21-12/h1-8,10H,9H2. The minimum atomic E-state index is 0.370. The zero-order valence-corrected chi connectivity index (χ0v) is 12.7. The van der Waals surface area contributed by atoms with Crippen molar-refractivity contribution in [3.05, 3.63) is 60.9 Å². The zero-order valence-electron chi connectivity index (χ0n) is 11.9. The summed E-state index contributed by atoms with van der Waals surface area (Å²) in [6, 6.07) is 13.4. The lowest BCUT2D eigenvalue weighted by molar-refractivity contribution is 0.494. The van der Waals surface area contributed by atoms with Crippen LogP contribution in [0.5, 0.6) is 0 Å². The first-order chi connectivity index (χ1) is 11.4. The molecule has 0 aliphatic rings. The monoisotopic (exact) mass is 325 g/mol. The van der Waals surface area contributed by atoms with E-state index in [-0.39, 0.29) is 0 Å². The number of rotatable bonds is 5. The van der Waals surface area contributed by atoms with E-state index in [9.17, 15) is 0 Å². The smallest absolute Gasteiger partial charge is 0.283 e. The van der Waals surface area contributed by atoms with Gasteiger partial charge in [-0.05, 0) is 24.3 Å². The number of benzene rings is 1. The highest BCUT2D eigenvalue weighted by atomic mass is 32.2. The predicted molar refractivity (Wildman–Crippen MR) is 82.9 cm³/mol. The normalized spacial score (nSPS) is 11.0. The summed E-state index contributed by atoms with van der Waals surface area (Å²) in [4.78, 5) is 0. The summed E-state index contributed by atoms with van der Waals surface area (Å²) in [7, 11) is 0. The molecule has 3 aromatic heterocycles. The first-order valence-electron chi connectivity index (χ1n) is 6.84. The third-order valence-electron chi connectivity index (χ3n) is 3.07. The fourth-order valence-electron chi connectivity index (χ4n) is 2.03. The molecule has 4 rings (SSSR count). The molecule has 0 aliphatic heterocycles. The lowest BCUT2D eigenvalue weighted by atomic mass is 10.3. The van der Waals surface area contributed by atoms with Crippen molar-refractivity contribution < 1.29 is 8.83 Å². The number of nitrogens with zero attached hydrogens (tertiary/aromatic N) is 5. The van der Waals surface area contributed by atoms with Gasteiger partial charge in [0.15, 0.2) is 10.9 Å². The second kappa shape index (κ2) is 6.09. The Morgan fingerprint density at radius 1 is 1.00 bits per heavy atom. The lowest BCUT2D eigenvalue weighted by Gasteiger charge is -2.04. The molecule has 114 valence electrons. The molecule has 1 aromatic carbocycles. The second-order valence-corrected chi connectivity index (χ2v) is 5.53. The molecule has 0 radical (unpaired) electrons. The van der Waals surface area contributed by atoms with Crippen LogP contribution < -0.4 is 0 Å². The third-order valence-corrected chi connectivity index (χ3v) is 4.00. The molecule has 4 aromatic rings. The van der Waals surface area contributed by atoms with Gasteiger partial charge in [-0.3, -0.25) is 4.57 Å². The van der Waals surface area contributed by atoms with Crippen molar-refractivity contribution in [2.75, 3.05) is 0 Å². The highest BCUT2D eigenvalue weighted by molar-refractivity contribution is 7.98. The Morgan fingerprint density at radius 2 is 1.91 bits per heavy atom. The molecular formula is C15H11N5O2S. The van der Waals surface area contributed by atoms with Gasteiger partial charge in [0.1, 0.15) is 6.33 Å². The van der Waals surface area contributed by atoms with Gasteiger partial charge in [-0.25, -0.2) is 0 Å². The maximum atomic E-state index is 5.58. The van der Waals surface area contributed by atoms with Crippen LogP contribution in [0.15, 0.2) is 69.0 Å². The van der Waals surface area contributed by atoms with Crippen LogP contribution in [0.4, 0.5) is 0 Å². The largest absolute Gasteiger partial charge is 0.459 e. The van der Waals surface area contributed by atoms with E-state index >= 15 is 0 Å². The summed E-state index contributed by atoms with van der Waals surface area (Å²) < 4.78 is 12.7. The highest BCUT2D eigenvalue weighted by Crippen LogP contribution is 2.25. The molecule has 0 atom stereocenters. The van der Waals surface area contributed by atoms with Gasteiger partial charge in [0, 0.05) is 5.69 Å². The molecule has 0 saturated heterocycles. The van der Waals surface area contributed by atoms with Crippen molar-refractivity contribution in [3.8, 4) is 17.3 Å². The highest BCUT2D eigenvalue weighted by Gasteiger charge is 2.13. The molecule has 0 fully saturated rings. The predicted octanol–water partition coefficient (Wildman–Crippen LogP) is 3.20. The van der Waals surface area contributed by atoms with Crippen LogP contribution >= 0.6 is 11.8 Å². The average molecular weight is 325 g/mol. The Labute approximate surface area is 135 Å². The van der Waals surface area contributed by atoms with Crippen LogP contribution in [-0.4, -0.2) is 25.0 Å². The molecule has 23 heavy (non-hydrogen) atoms. The Morgan fingerprint density at radius 3 is 2.74 bits per heavy atom. The van der Waals surface area contributed by atoms with Gasteiger partial charge in [0.25, 0.3) is 5.89 Å². The number of hydrogen-bond donors (Lipinski definition) is 0. The number of thioether (sulfide) groups is 1. The van der Waals surface area contributed by atoms with Crippen molar-refractivity contribution in [2.45, 2.75) is 10.9 Å². The van der Waals surface area contributed by atoms with Gasteiger partial charge in [-0.1, -0.05) is 30.0 Å². The van der Waals surface area contributed by atoms with Crippen molar-refractivity contribution in [2.24, 2.45) is 0 Å². The third kappa shape index (κ3) is 2.88. The molecule has 0 spiro atoms. The summed E-state index contributed by atoms with van der Waals surface area (Å²) in [5, 5.41) is 16.8. The van der Waals surface area contributed by atoms with Gasteiger partial charge in [-0.2, -0.15) is 0 Å². The maximum absolute atomic E-state index is 5.58. The SMILES string of the molecule is c1ccc(-n2cnnc2SCc2nnc(-c3ccco3)o2)cc1. The summed E-state index contributed by atoms with van der Waals surface area (Å²) in [5.74, 6) is 1.93. The number of para-hydroxylation sites is 1. The zero-order chi connectivity index (χ0) is 15.5. The van der Waals surface area contributed by atoms with Gasteiger partial charge in [0.2, 0.25) is 5.89 Å². The van der Waals surface area contributed by atoms with Crippen molar-refractivity contribution >= 4 is 11.8 Å². The Hall–Kier alpha value is -2.87. The second-order valence-electron chi connectivity index (χ2n) is 4.59. The molecule has 0 amide bonds. The first kappa shape index (κ1) is 13.8. The van der Waals surface area contributed by atoms with Crippen LogP contribution in [0.1, 0.15) is 5.89 Å². The van der Waals surface area contributed by atoms with Crippen molar-refractivity contribution in [1.29, 1.82) is 0 Å². The van der Waals surface area contributed by atoms with Crippen LogP contribution in [0.3, 0.4) is 0 Å². The van der Waals surface area contributed by atoms with E-state index < -0.39 is 0 Å². The Kier molecular flexibility index (Phi) is 3.65. The molecule has 0 unspecified atom stereocenters. The van der Waals surface area contributed by atoms with Crippen LogP contribution in [0.25, 0.3) is 17.3 Å². The van der Waals surface area contributed by atoms with E-state index in [0.29, 0.717) is 23.3 Å². The van der Waals surface area contributed by atoms with E-state index in [4.69, 9.17) is 8.83 Å². The Balaban J connectivity index is 1.49. The van der Waals surface area contributed by atoms with E-state index in [1.807, 2.05) is 34.9 Å². The Bertz CT molecular complexity index is 886. The van der Waals surface area contributed by atoms with Crippen molar-refractivity contribution in [3.63, 3.8) is 0 Å². The summed E-state index contributed by atoms with van der Waals surface area (Å²) in [5.41, 5.74) is 1.00. The van der Waals surface area contributed by atoms with Crippen LogP contribution in [-0.2, 0) is 5.75 Å². The molecule has 8 heteroatoms. The molecule has 7 nitrogen and oxygen atoms in total. The number of furan rings is 1. The van der Waals surface area contributed by atoms with E-state index in [2.05, 4.69) is 20.4 Å². The quantitative estimate of drug-likeness (QED) is 0.521. The molecule has 0 aliphatic carbocycles. The summed E-state index contributed by atoms with van der Waals surface area (Å²) >= 11 is 1.47. The number of hydrogen-bond acceptors (Lipinski definition) is 7. The van der Waals surface area contributed by atoms with Gasteiger partial charge >= 0.3 is 0 Å².